The first-order valence-corrected chi connectivity index (χ1v) is 6.55. The van der Waals surface area contributed by atoms with E-state index in [1.807, 2.05) is 12.4 Å². The molecule has 1 fully saturated rings. The summed E-state index contributed by atoms with van der Waals surface area (Å²) in [5, 5.41) is 3.33. The van der Waals surface area contributed by atoms with Crippen molar-refractivity contribution < 1.29 is 0 Å². The fourth-order valence-corrected chi connectivity index (χ4v) is 1.98. The first-order valence-electron chi connectivity index (χ1n) is 6.55. The highest BCUT2D eigenvalue weighted by Crippen LogP contribution is 2.26. The van der Waals surface area contributed by atoms with Crippen LogP contribution in [0.1, 0.15) is 38.3 Å². The third-order valence-corrected chi connectivity index (χ3v) is 3.41. The lowest BCUT2D eigenvalue weighted by atomic mass is 9.92. The zero-order valence-electron chi connectivity index (χ0n) is 10.8. The average Bonchev–Trinajstić information content (AvgIpc) is 2.28. The van der Waals surface area contributed by atoms with Gasteiger partial charge in [0.15, 0.2) is 0 Å². The van der Waals surface area contributed by atoms with E-state index in [2.05, 4.69) is 34.2 Å². The van der Waals surface area contributed by atoms with Crippen molar-refractivity contribution in [2.24, 2.45) is 0 Å². The Labute approximate surface area is 103 Å². The maximum Gasteiger partial charge on any atom is 0.147 e. The summed E-state index contributed by atoms with van der Waals surface area (Å²) >= 11 is 0. The number of hydrogen-bond acceptors (Lipinski definition) is 4. The van der Waals surface area contributed by atoms with Crippen molar-refractivity contribution in [3.05, 3.63) is 18.1 Å². The molecule has 1 heterocycles. The van der Waals surface area contributed by atoms with Crippen LogP contribution in [0.25, 0.3) is 0 Å². The van der Waals surface area contributed by atoms with E-state index in [1.54, 1.807) is 0 Å². The van der Waals surface area contributed by atoms with Gasteiger partial charge in [-0.15, -0.1) is 0 Å². The van der Waals surface area contributed by atoms with E-state index >= 15 is 0 Å². The van der Waals surface area contributed by atoms with Crippen LogP contribution in [-0.2, 0) is 6.54 Å². The third kappa shape index (κ3) is 3.16. The highest BCUT2D eigenvalue weighted by atomic mass is 15.2. The summed E-state index contributed by atoms with van der Waals surface area (Å²) in [4.78, 5) is 11.2. The Hall–Kier alpha value is -1.16. The molecule has 1 aromatic rings. The van der Waals surface area contributed by atoms with E-state index < -0.39 is 0 Å². The summed E-state index contributed by atoms with van der Waals surface area (Å²) in [5.41, 5.74) is 1.02. The summed E-state index contributed by atoms with van der Waals surface area (Å²) in [6.45, 7) is 4.01. The van der Waals surface area contributed by atoms with Gasteiger partial charge in [0.25, 0.3) is 0 Å². The second kappa shape index (κ2) is 5.96. The molecule has 1 aliphatic rings. The third-order valence-electron chi connectivity index (χ3n) is 3.41. The van der Waals surface area contributed by atoms with Gasteiger partial charge in [0.1, 0.15) is 5.82 Å². The van der Waals surface area contributed by atoms with Gasteiger partial charge in [0, 0.05) is 19.6 Å². The fourth-order valence-electron chi connectivity index (χ4n) is 1.98. The van der Waals surface area contributed by atoms with Crippen LogP contribution in [0.5, 0.6) is 0 Å². The van der Waals surface area contributed by atoms with Crippen molar-refractivity contribution in [2.75, 3.05) is 18.5 Å². The first kappa shape index (κ1) is 12.3. The van der Waals surface area contributed by atoms with E-state index in [1.165, 1.54) is 19.3 Å². The molecule has 94 valence electrons. The van der Waals surface area contributed by atoms with E-state index in [0.29, 0.717) is 6.04 Å². The number of nitrogens with zero attached hydrogens (tertiary/aromatic N) is 3. The van der Waals surface area contributed by atoms with Gasteiger partial charge in [-0.05, 0) is 32.2 Å². The molecule has 0 amide bonds. The molecule has 1 saturated carbocycles. The largest absolute Gasteiger partial charge is 0.355 e. The van der Waals surface area contributed by atoms with Crippen LogP contribution >= 0.6 is 0 Å². The van der Waals surface area contributed by atoms with Gasteiger partial charge in [-0.1, -0.05) is 6.92 Å². The summed E-state index contributed by atoms with van der Waals surface area (Å²) in [6, 6.07) is 0.674. The molecule has 1 aromatic heterocycles. The first-order chi connectivity index (χ1) is 8.31. The lowest BCUT2D eigenvalue weighted by molar-refractivity contribution is 0.399. The van der Waals surface area contributed by atoms with Crippen molar-refractivity contribution in [1.82, 2.24) is 15.3 Å². The molecule has 0 atom stereocenters. The van der Waals surface area contributed by atoms with Crippen LogP contribution < -0.4 is 10.2 Å². The molecule has 0 bridgehead atoms. The van der Waals surface area contributed by atoms with Crippen molar-refractivity contribution in [2.45, 2.75) is 45.2 Å². The minimum atomic E-state index is 0.674. The predicted octanol–water partition coefficient (Wildman–Crippen LogP) is 1.96. The van der Waals surface area contributed by atoms with Crippen LogP contribution in [-0.4, -0.2) is 29.6 Å². The average molecular weight is 234 g/mol. The Morgan fingerprint density at radius 1 is 1.35 bits per heavy atom. The molecule has 0 unspecified atom stereocenters. The number of anilines is 1. The van der Waals surface area contributed by atoms with Gasteiger partial charge in [-0.2, -0.15) is 0 Å². The molecule has 4 nitrogen and oxygen atoms in total. The second-order valence-corrected chi connectivity index (χ2v) is 4.74. The fraction of sp³-hybridized carbons (Fsp3) is 0.692. The predicted molar refractivity (Wildman–Crippen MR) is 70.1 cm³/mol. The normalized spacial score (nSPS) is 15.6. The smallest absolute Gasteiger partial charge is 0.147 e. The molecule has 2 rings (SSSR count). The van der Waals surface area contributed by atoms with Crippen molar-refractivity contribution in [3.8, 4) is 0 Å². The highest BCUT2D eigenvalue weighted by molar-refractivity contribution is 5.36. The van der Waals surface area contributed by atoms with Crippen molar-refractivity contribution in [3.63, 3.8) is 0 Å². The van der Waals surface area contributed by atoms with Gasteiger partial charge >= 0.3 is 0 Å². The quantitative estimate of drug-likeness (QED) is 0.764. The summed E-state index contributed by atoms with van der Waals surface area (Å²) in [6.07, 6.45) is 8.85. The number of aromatic nitrogens is 2. The summed E-state index contributed by atoms with van der Waals surface area (Å²) < 4.78 is 0. The van der Waals surface area contributed by atoms with Crippen molar-refractivity contribution in [1.29, 1.82) is 0 Å². The van der Waals surface area contributed by atoms with E-state index in [0.717, 1.165) is 31.0 Å². The molecule has 0 saturated heterocycles. The Kier molecular flexibility index (Phi) is 4.31. The zero-order valence-corrected chi connectivity index (χ0v) is 10.8. The van der Waals surface area contributed by atoms with Crippen LogP contribution in [0.4, 0.5) is 5.82 Å². The van der Waals surface area contributed by atoms with Crippen LogP contribution in [0.3, 0.4) is 0 Å². The van der Waals surface area contributed by atoms with Crippen molar-refractivity contribution >= 4 is 5.82 Å². The lowest BCUT2D eigenvalue weighted by Crippen LogP contribution is -2.37. The SMILES string of the molecule is CCCNCc1cnc(N(C)C2CCC2)cn1. The zero-order chi connectivity index (χ0) is 12.1. The van der Waals surface area contributed by atoms with Crippen LogP contribution in [0.2, 0.25) is 0 Å². The number of rotatable bonds is 6. The molecule has 17 heavy (non-hydrogen) atoms. The summed E-state index contributed by atoms with van der Waals surface area (Å²) in [7, 11) is 2.11. The van der Waals surface area contributed by atoms with E-state index in [9.17, 15) is 0 Å². The molecule has 0 radical (unpaired) electrons. The lowest BCUT2D eigenvalue weighted by Gasteiger charge is -2.35. The molecule has 1 aliphatic carbocycles. The van der Waals surface area contributed by atoms with E-state index in [4.69, 9.17) is 0 Å². The molecule has 0 aromatic carbocycles. The van der Waals surface area contributed by atoms with Crippen LogP contribution in [0.15, 0.2) is 12.4 Å². The summed E-state index contributed by atoms with van der Waals surface area (Å²) in [5.74, 6) is 0.994. The monoisotopic (exact) mass is 234 g/mol. The van der Waals surface area contributed by atoms with Gasteiger partial charge in [-0.3, -0.25) is 4.98 Å². The Morgan fingerprint density at radius 2 is 2.18 bits per heavy atom. The van der Waals surface area contributed by atoms with Gasteiger partial charge in [0.05, 0.1) is 18.1 Å². The Balaban J connectivity index is 1.88. The topological polar surface area (TPSA) is 41.1 Å². The second-order valence-electron chi connectivity index (χ2n) is 4.74. The van der Waals surface area contributed by atoms with Crippen LogP contribution in [0, 0.1) is 0 Å². The molecular formula is C13H22N4. The Morgan fingerprint density at radius 3 is 2.71 bits per heavy atom. The number of hydrogen-bond donors (Lipinski definition) is 1. The maximum atomic E-state index is 4.48. The van der Waals surface area contributed by atoms with Gasteiger partial charge < -0.3 is 10.2 Å². The molecule has 1 N–H and O–H groups in total. The standard InChI is InChI=1S/C13H22N4/c1-3-7-14-8-11-9-16-13(10-15-11)17(2)12-5-4-6-12/h9-10,12,14H,3-8H2,1-2H3. The molecule has 0 spiro atoms. The highest BCUT2D eigenvalue weighted by Gasteiger charge is 2.22. The Bertz CT molecular complexity index is 332. The van der Waals surface area contributed by atoms with Gasteiger partial charge in [0.2, 0.25) is 0 Å². The molecular weight excluding hydrogens is 212 g/mol. The minimum Gasteiger partial charge on any atom is -0.355 e. The number of nitrogens with one attached hydrogen (secondary N) is 1. The van der Waals surface area contributed by atoms with E-state index in [-0.39, 0.29) is 0 Å². The van der Waals surface area contributed by atoms with Gasteiger partial charge in [-0.25, -0.2) is 4.98 Å². The minimum absolute atomic E-state index is 0.674. The maximum absolute atomic E-state index is 4.48. The molecule has 4 heteroatoms. The molecule has 0 aliphatic heterocycles.